The molecule has 0 saturated heterocycles. The summed E-state index contributed by atoms with van der Waals surface area (Å²) < 4.78 is 11.6. The standard InChI is InChI=1S/C47H89N2O5/c1-6-9-11-13-15-17-19-21-23-25-27-29-31-33-35-37-46(51)53-42-39-48(45(50)44-49(4,5)41-8-3)40-43-54-47(52)38-36-34-32-30-28-26-24-22-20-18-16-14-12-10-7-2/h21-24H,6-20,25-44H2,1-5H3/q+1/b23-21-,24-22-. The van der Waals surface area contributed by atoms with Crippen LogP contribution in [0.4, 0.5) is 0 Å². The smallest absolute Gasteiger partial charge is 0.305 e. The SMILES string of the molecule is CCCCCCCC/C=C\CCCCCCCC(=O)OCCN(CCOC(=O)CCCCCCC/C=C\CCCCCCCC)C(=O)C[N+](C)(C)CCC. The first-order chi connectivity index (χ1) is 26.3. The average Bonchev–Trinajstić information content (AvgIpc) is 3.13. The third kappa shape index (κ3) is 36.8. The highest BCUT2D eigenvalue weighted by Gasteiger charge is 2.24. The summed E-state index contributed by atoms with van der Waals surface area (Å²) >= 11 is 0. The molecule has 0 N–H and O–H groups in total. The van der Waals surface area contributed by atoms with Crippen LogP contribution in [0.2, 0.25) is 0 Å². The third-order valence-corrected chi connectivity index (χ3v) is 10.3. The lowest BCUT2D eigenvalue weighted by Crippen LogP contribution is -2.50. The van der Waals surface area contributed by atoms with Crippen molar-refractivity contribution in [1.29, 1.82) is 0 Å². The number of carbonyl (C=O) groups is 3. The van der Waals surface area contributed by atoms with Crippen molar-refractivity contribution in [1.82, 2.24) is 4.90 Å². The average molecular weight is 762 g/mol. The molecular weight excluding hydrogens is 673 g/mol. The van der Waals surface area contributed by atoms with E-state index in [1.54, 1.807) is 4.90 Å². The lowest BCUT2D eigenvalue weighted by Gasteiger charge is -2.31. The van der Waals surface area contributed by atoms with E-state index in [4.69, 9.17) is 9.47 Å². The Morgan fingerprint density at radius 2 is 0.796 bits per heavy atom. The van der Waals surface area contributed by atoms with Crippen LogP contribution >= 0.6 is 0 Å². The molecular formula is C47H89N2O5+. The molecule has 0 unspecified atom stereocenters. The van der Waals surface area contributed by atoms with E-state index in [9.17, 15) is 14.4 Å². The Hall–Kier alpha value is -2.15. The van der Waals surface area contributed by atoms with E-state index < -0.39 is 0 Å². The molecule has 0 rings (SSSR count). The van der Waals surface area contributed by atoms with Crippen LogP contribution in [0.15, 0.2) is 24.3 Å². The van der Waals surface area contributed by atoms with Gasteiger partial charge in [-0.15, -0.1) is 0 Å². The van der Waals surface area contributed by atoms with Gasteiger partial charge in [0, 0.05) is 12.8 Å². The summed E-state index contributed by atoms with van der Waals surface area (Å²) in [5, 5.41) is 0. The van der Waals surface area contributed by atoms with E-state index in [-0.39, 0.29) is 31.1 Å². The van der Waals surface area contributed by atoms with E-state index in [0.717, 1.165) is 64.3 Å². The molecule has 0 aromatic rings. The van der Waals surface area contributed by atoms with Crippen LogP contribution in [0, 0.1) is 0 Å². The number of rotatable bonds is 40. The Bertz CT molecular complexity index is 873. The molecule has 0 aliphatic rings. The molecule has 0 heterocycles. The van der Waals surface area contributed by atoms with Crippen molar-refractivity contribution in [2.24, 2.45) is 0 Å². The zero-order valence-electron chi connectivity index (χ0n) is 36.5. The predicted molar refractivity (Wildman–Crippen MR) is 230 cm³/mol. The van der Waals surface area contributed by atoms with Gasteiger partial charge in [0.1, 0.15) is 13.2 Å². The van der Waals surface area contributed by atoms with Crippen molar-refractivity contribution < 1.29 is 28.3 Å². The zero-order valence-corrected chi connectivity index (χ0v) is 36.5. The second-order valence-corrected chi connectivity index (χ2v) is 16.3. The van der Waals surface area contributed by atoms with Crippen molar-refractivity contribution in [3.05, 3.63) is 24.3 Å². The molecule has 0 aromatic heterocycles. The van der Waals surface area contributed by atoms with E-state index in [1.807, 2.05) is 0 Å². The van der Waals surface area contributed by atoms with Crippen molar-refractivity contribution in [2.75, 3.05) is 53.5 Å². The molecule has 0 bridgehead atoms. The fourth-order valence-electron chi connectivity index (χ4n) is 6.88. The van der Waals surface area contributed by atoms with E-state index in [0.29, 0.717) is 37.0 Å². The number of allylic oxidation sites excluding steroid dienone is 4. The number of unbranched alkanes of at least 4 members (excludes halogenated alkanes) is 22. The molecule has 0 saturated carbocycles. The number of likely N-dealkylation sites (N-methyl/N-ethyl adjacent to an activating group) is 1. The van der Waals surface area contributed by atoms with Gasteiger partial charge in [-0.2, -0.15) is 0 Å². The summed E-state index contributed by atoms with van der Waals surface area (Å²) in [6.45, 7) is 8.86. The number of hydrogen-bond acceptors (Lipinski definition) is 5. The van der Waals surface area contributed by atoms with Gasteiger partial charge in [-0.25, -0.2) is 0 Å². The van der Waals surface area contributed by atoms with E-state index >= 15 is 0 Å². The number of carbonyl (C=O) groups excluding carboxylic acids is 3. The highest BCUT2D eigenvalue weighted by molar-refractivity contribution is 5.77. The van der Waals surface area contributed by atoms with Crippen LogP contribution in [-0.4, -0.2) is 80.7 Å². The molecule has 7 heteroatoms. The zero-order chi connectivity index (χ0) is 39.8. The molecule has 0 aliphatic carbocycles. The van der Waals surface area contributed by atoms with Crippen LogP contribution in [-0.2, 0) is 23.9 Å². The lowest BCUT2D eigenvalue weighted by atomic mass is 10.1. The second kappa shape index (κ2) is 39.1. The van der Waals surface area contributed by atoms with Gasteiger partial charge >= 0.3 is 11.9 Å². The first-order valence-corrected chi connectivity index (χ1v) is 23.0. The molecule has 1 amide bonds. The lowest BCUT2D eigenvalue weighted by molar-refractivity contribution is -0.882. The maximum Gasteiger partial charge on any atom is 0.305 e. The minimum Gasteiger partial charge on any atom is -0.464 e. The Balaban J connectivity index is 4.18. The van der Waals surface area contributed by atoms with Crippen LogP contribution in [0.3, 0.4) is 0 Å². The Morgan fingerprint density at radius 1 is 0.463 bits per heavy atom. The normalized spacial score (nSPS) is 11.9. The summed E-state index contributed by atoms with van der Waals surface area (Å²) in [5.41, 5.74) is 0. The number of esters is 2. The molecule has 0 fully saturated rings. The third-order valence-electron chi connectivity index (χ3n) is 10.3. The summed E-state index contributed by atoms with van der Waals surface area (Å²) in [5.74, 6) is -0.405. The first-order valence-electron chi connectivity index (χ1n) is 23.0. The highest BCUT2D eigenvalue weighted by atomic mass is 16.5. The molecule has 0 atom stereocenters. The van der Waals surface area contributed by atoms with Gasteiger partial charge in [-0.3, -0.25) is 14.4 Å². The maximum atomic E-state index is 13.3. The van der Waals surface area contributed by atoms with Crippen LogP contribution in [0.1, 0.15) is 207 Å². The number of amides is 1. The molecule has 0 aromatic carbocycles. The summed E-state index contributed by atoms with van der Waals surface area (Å²) in [6.07, 6.45) is 43.0. The van der Waals surface area contributed by atoms with Gasteiger partial charge in [-0.1, -0.05) is 148 Å². The summed E-state index contributed by atoms with van der Waals surface area (Å²) in [4.78, 5) is 39.8. The predicted octanol–water partition coefficient (Wildman–Crippen LogP) is 12.5. The van der Waals surface area contributed by atoms with E-state index in [2.05, 4.69) is 59.2 Å². The molecule has 0 radical (unpaired) electrons. The maximum absolute atomic E-state index is 13.3. The molecule has 54 heavy (non-hydrogen) atoms. The van der Waals surface area contributed by atoms with Crippen molar-refractivity contribution in [3.8, 4) is 0 Å². The van der Waals surface area contributed by atoms with Gasteiger partial charge in [0.25, 0.3) is 5.91 Å². The van der Waals surface area contributed by atoms with Crippen LogP contribution < -0.4 is 0 Å². The second-order valence-electron chi connectivity index (χ2n) is 16.3. The minimum atomic E-state index is -0.200. The van der Waals surface area contributed by atoms with Crippen molar-refractivity contribution in [3.63, 3.8) is 0 Å². The summed E-state index contributed by atoms with van der Waals surface area (Å²) in [6, 6.07) is 0. The monoisotopic (exact) mass is 762 g/mol. The van der Waals surface area contributed by atoms with Crippen molar-refractivity contribution in [2.45, 2.75) is 207 Å². The van der Waals surface area contributed by atoms with Gasteiger partial charge in [-0.05, 0) is 70.6 Å². The largest absolute Gasteiger partial charge is 0.464 e. The topological polar surface area (TPSA) is 72.9 Å². The highest BCUT2D eigenvalue weighted by Crippen LogP contribution is 2.12. The summed E-state index contributed by atoms with van der Waals surface area (Å²) in [7, 11) is 4.11. The fourth-order valence-corrected chi connectivity index (χ4v) is 6.88. The molecule has 0 spiro atoms. The Kier molecular flexibility index (Phi) is 37.5. The Labute approximate surface area is 335 Å². The number of ether oxygens (including phenoxy) is 2. The quantitative estimate of drug-likeness (QED) is 0.0269. The van der Waals surface area contributed by atoms with Gasteiger partial charge in [0.15, 0.2) is 6.54 Å². The molecule has 316 valence electrons. The Morgan fingerprint density at radius 3 is 1.15 bits per heavy atom. The van der Waals surface area contributed by atoms with Crippen LogP contribution in [0.25, 0.3) is 0 Å². The van der Waals surface area contributed by atoms with Crippen molar-refractivity contribution >= 4 is 17.8 Å². The van der Waals surface area contributed by atoms with Gasteiger partial charge in [0.05, 0.1) is 33.7 Å². The molecule has 0 aliphatic heterocycles. The fraction of sp³-hybridized carbons (Fsp3) is 0.851. The first kappa shape index (κ1) is 51.9. The van der Waals surface area contributed by atoms with Gasteiger partial charge in [0.2, 0.25) is 0 Å². The number of nitrogens with zero attached hydrogens (tertiary/aromatic N) is 2. The number of quaternary nitrogens is 1. The van der Waals surface area contributed by atoms with E-state index in [1.165, 1.54) is 116 Å². The van der Waals surface area contributed by atoms with Crippen LogP contribution in [0.5, 0.6) is 0 Å². The number of hydrogen-bond donors (Lipinski definition) is 0. The van der Waals surface area contributed by atoms with Gasteiger partial charge < -0.3 is 18.9 Å². The molecule has 7 nitrogen and oxygen atoms in total. The minimum absolute atomic E-state index is 0.00458.